The van der Waals surface area contributed by atoms with E-state index >= 15 is 0 Å². The van der Waals surface area contributed by atoms with Crippen LogP contribution in [0.3, 0.4) is 0 Å². The second kappa shape index (κ2) is 6.04. The van der Waals surface area contributed by atoms with Gasteiger partial charge in [-0.05, 0) is 18.2 Å². The summed E-state index contributed by atoms with van der Waals surface area (Å²) < 4.78 is 23.6. The van der Waals surface area contributed by atoms with Crippen molar-refractivity contribution in [3.8, 4) is 11.8 Å². The number of carbonyl (C=O) groups is 1. The lowest BCUT2D eigenvalue weighted by molar-refractivity contribution is 0.0692. The zero-order valence-electron chi connectivity index (χ0n) is 11.3. The molecule has 21 heavy (non-hydrogen) atoms. The molecule has 8 heteroatoms. The van der Waals surface area contributed by atoms with Gasteiger partial charge in [0.25, 0.3) is 0 Å². The van der Waals surface area contributed by atoms with E-state index in [9.17, 15) is 9.18 Å². The maximum atomic E-state index is 13.6. The zero-order valence-corrected chi connectivity index (χ0v) is 11.3. The van der Waals surface area contributed by atoms with Crippen LogP contribution < -0.4 is 14.8 Å². The van der Waals surface area contributed by atoms with Crippen LogP contribution in [0, 0.1) is 5.82 Å². The van der Waals surface area contributed by atoms with Crippen LogP contribution in [0.1, 0.15) is 10.4 Å². The van der Waals surface area contributed by atoms with Gasteiger partial charge in [-0.15, -0.1) is 0 Å². The number of hydrogen-bond acceptors (Lipinski definition) is 6. The van der Waals surface area contributed by atoms with Crippen LogP contribution in [0.4, 0.5) is 16.0 Å². The van der Waals surface area contributed by atoms with Gasteiger partial charge in [-0.1, -0.05) is 0 Å². The number of nitrogens with zero attached hydrogens (tertiary/aromatic N) is 2. The number of rotatable bonds is 5. The smallest absolute Gasteiger partial charge is 0.338 e. The maximum absolute atomic E-state index is 13.6. The van der Waals surface area contributed by atoms with Crippen molar-refractivity contribution < 1.29 is 23.8 Å². The Kier molecular flexibility index (Phi) is 4.17. The second-order valence-corrected chi connectivity index (χ2v) is 3.90. The van der Waals surface area contributed by atoms with E-state index in [1.54, 1.807) is 0 Å². The Morgan fingerprint density at radius 1 is 1.19 bits per heavy atom. The van der Waals surface area contributed by atoms with Crippen molar-refractivity contribution in [2.75, 3.05) is 19.5 Å². The van der Waals surface area contributed by atoms with Crippen LogP contribution >= 0.6 is 0 Å². The lowest BCUT2D eigenvalue weighted by atomic mass is 10.2. The first kappa shape index (κ1) is 14.5. The SMILES string of the molecule is COc1cc(OC)nc(Nc2ccc(C(=O)O)c(F)c2)n1. The fourth-order valence-corrected chi connectivity index (χ4v) is 1.56. The summed E-state index contributed by atoms with van der Waals surface area (Å²) in [7, 11) is 2.87. The van der Waals surface area contributed by atoms with Crippen molar-refractivity contribution in [3.05, 3.63) is 35.6 Å². The van der Waals surface area contributed by atoms with Crippen LogP contribution in [-0.2, 0) is 0 Å². The van der Waals surface area contributed by atoms with Gasteiger partial charge in [0.2, 0.25) is 17.7 Å². The highest BCUT2D eigenvalue weighted by molar-refractivity contribution is 5.88. The van der Waals surface area contributed by atoms with Crippen LogP contribution in [0.25, 0.3) is 0 Å². The van der Waals surface area contributed by atoms with E-state index in [2.05, 4.69) is 15.3 Å². The van der Waals surface area contributed by atoms with Gasteiger partial charge in [0.1, 0.15) is 5.82 Å². The normalized spacial score (nSPS) is 10.0. The average Bonchev–Trinajstić information content (AvgIpc) is 2.46. The Morgan fingerprint density at radius 2 is 1.81 bits per heavy atom. The molecular weight excluding hydrogens is 281 g/mol. The monoisotopic (exact) mass is 293 g/mol. The Hall–Kier alpha value is -2.90. The minimum atomic E-state index is -1.33. The zero-order chi connectivity index (χ0) is 15.4. The quantitative estimate of drug-likeness (QED) is 0.871. The number of methoxy groups -OCH3 is 2. The number of anilines is 2. The second-order valence-electron chi connectivity index (χ2n) is 3.90. The molecule has 0 bridgehead atoms. The van der Waals surface area contributed by atoms with Crippen LogP contribution in [-0.4, -0.2) is 35.3 Å². The number of benzene rings is 1. The van der Waals surface area contributed by atoms with Crippen LogP contribution in [0.2, 0.25) is 0 Å². The van der Waals surface area contributed by atoms with Gasteiger partial charge in [0.05, 0.1) is 25.8 Å². The molecule has 110 valence electrons. The van der Waals surface area contributed by atoms with E-state index in [1.807, 2.05) is 0 Å². The molecule has 0 atom stereocenters. The molecule has 0 aliphatic rings. The summed E-state index contributed by atoms with van der Waals surface area (Å²) in [6.07, 6.45) is 0. The minimum Gasteiger partial charge on any atom is -0.481 e. The van der Waals surface area contributed by atoms with Crippen molar-refractivity contribution in [3.63, 3.8) is 0 Å². The van der Waals surface area contributed by atoms with Crippen molar-refractivity contribution >= 4 is 17.6 Å². The molecule has 0 aliphatic carbocycles. The first-order valence-electron chi connectivity index (χ1n) is 5.80. The molecule has 0 fully saturated rings. The summed E-state index contributed by atoms with van der Waals surface area (Å²) in [5.41, 5.74) is -0.113. The number of ether oxygens (including phenoxy) is 2. The number of aromatic carboxylic acids is 1. The van der Waals surface area contributed by atoms with E-state index in [0.717, 1.165) is 12.1 Å². The number of carboxylic acids is 1. The highest BCUT2D eigenvalue weighted by Crippen LogP contribution is 2.22. The topological polar surface area (TPSA) is 93.6 Å². The number of nitrogens with one attached hydrogen (secondary N) is 1. The number of hydrogen-bond donors (Lipinski definition) is 2. The molecule has 0 saturated heterocycles. The highest BCUT2D eigenvalue weighted by Gasteiger charge is 2.11. The van der Waals surface area contributed by atoms with E-state index in [0.29, 0.717) is 5.69 Å². The third-order valence-electron chi connectivity index (χ3n) is 2.55. The van der Waals surface area contributed by atoms with E-state index in [1.165, 1.54) is 26.4 Å². The Morgan fingerprint density at radius 3 is 2.29 bits per heavy atom. The molecule has 1 aromatic heterocycles. The standard InChI is InChI=1S/C13H12FN3O4/c1-20-10-6-11(21-2)17-13(16-10)15-7-3-4-8(12(18)19)9(14)5-7/h3-6H,1-2H3,(H,18,19)(H,15,16,17). The molecule has 2 rings (SSSR count). The molecule has 0 unspecified atom stereocenters. The first-order valence-corrected chi connectivity index (χ1v) is 5.80. The van der Waals surface area contributed by atoms with E-state index < -0.39 is 17.3 Å². The first-order chi connectivity index (χ1) is 10.0. The number of halogens is 1. The minimum absolute atomic E-state index is 0.133. The number of aromatic nitrogens is 2. The van der Waals surface area contributed by atoms with Crippen molar-refractivity contribution in [1.82, 2.24) is 9.97 Å². The summed E-state index contributed by atoms with van der Waals surface area (Å²) in [5, 5.41) is 11.5. The van der Waals surface area contributed by atoms with E-state index in [4.69, 9.17) is 14.6 Å². The number of carboxylic acid groups (broad SMARTS) is 1. The Balaban J connectivity index is 2.29. The fraction of sp³-hybridized carbons (Fsp3) is 0.154. The summed E-state index contributed by atoms with van der Waals surface area (Å²) >= 11 is 0. The molecule has 0 aliphatic heterocycles. The highest BCUT2D eigenvalue weighted by atomic mass is 19.1. The summed E-state index contributed by atoms with van der Waals surface area (Å²) in [6.45, 7) is 0. The van der Waals surface area contributed by atoms with Crippen LogP contribution in [0.5, 0.6) is 11.8 Å². The Labute approximate surface area is 119 Å². The molecule has 1 heterocycles. The van der Waals surface area contributed by atoms with Gasteiger partial charge in [0, 0.05) is 5.69 Å². The fourth-order valence-electron chi connectivity index (χ4n) is 1.56. The molecule has 2 N–H and O–H groups in total. The predicted molar refractivity (Wildman–Crippen MR) is 71.8 cm³/mol. The van der Waals surface area contributed by atoms with Gasteiger partial charge >= 0.3 is 5.97 Å². The van der Waals surface area contributed by atoms with Gasteiger partial charge < -0.3 is 19.9 Å². The average molecular weight is 293 g/mol. The van der Waals surface area contributed by atoms with Crippen molar-refractivity contribution in [2.45, 2.75) is 0 Å². The lowest BCUT2D eigenvalue weighted by Gasteiger charge is -2.09. The Bertz CT molecular complexity index is 656. The summed E-state index contributed by atoms with van der Waals surface area (Å²) in [4.78, 5) is 18.8. The third-order valence-corrected chi connectivity index (χ3v) is 2.55. The molecule has 0 amide bonds. The lowest BCUT2D eigenvalue weighted by Crippen LogP contribution is -2.03. The third kappa shape index (κ3) is 3.35. The molecule has 0 saturated carbocycles. The summed E-state index contributed by atoms with van der Waals surface area (Å²) in [6, 6.07) is 5.08. The van der Waals surface area contributed by atoms with Gasteiger partial charge in [0.15, 0.2) is 0 Å². The van der Waals surface area contributed by atoms with Gasteiger partial charge in [-0.2, -0.15) is 9.97 Å². The molecule has 1 aromatic carbocycles. The van der Waals surface area contributed by atoms with Crippen molar-refractivity contribution in [1.29, 1.82) is 0 Å². The van der Waals surface area contributed by atoms with Crippen molar-refractivity contribution in [2.24, 2.45) is 0 Å². The molecule has 2 aromatic rings. The molecular formula is C13H12FN3O4. The van der Waals surface area contributed by atoms with Gasteiger partial charge in [-0.3, -0.25) is 0 Å². The molecule has 7 nitrogen and oxygen atoms in total. The maximum Gasteiger partial charge on any atom is 0.338 e. The molecule has 0 radical (unpaired) electrons. The largest absolute Gasteiger partial charge is 0.481 e. The predicted octanol–water partition coefficient (Wildman–Crippen LogP) is 2.07. The van der Waals surface area contributed by atoms with Crippen LogP contribution in [0.15, 0.2) is 24.3 Å². The molecule has 0 spiro atoms. The van der Waals surface area contributed by atoms with Gasteiger partial charge in [-0.25, -0.2) is 9.18 Å². The van der Waals surface area contributed by atoms with E-state index in [-0.39, 0.29) is 17.7 Å². The summed E-state index contributed by atoms with van der Waals surface area (Å²) in [5.74, 6) is -1.52.